The Kier molecular flexibility index (Phi) is 4.54. The van der Waals surface area contributed by atoms with Crippen LogP contribution >= 0.6 is 11.3 Å². The maximum Gasteiger partial charge on any atom is 0.228 e. The van der Waals surface area contributed by atoms with E-state index in [9.17, 15) is 9.59 Å². The van der Waals surface area contributed by atoms with Crippen molar-refractivity contribution in [2.75, 3.05) is 31.2 Å². The Bertz CT molecular complexity index is 622. The van der Waals surface area contributed by atoms with E-state index < -0.39 is 0 Å². The minimum atomic E-state index is 0.142. The summed E-state index contributed by atoms with van der Waals surface area (Å²) in [5.74, 6) is 0.778. The first-order valence-corrected chi connectivity index (χ1v) is 9.70. The average molecular weight is 349 g/mol. The average Bonchev–Trinajstić information content (AvgIpc) is 2.96. The van der Waals surface area contributed by atoms with Crippen LogP contribution in [0, 0.1) is 5.92 Å². The summed E-state index contributed by atoms with van der Waals surface area (Å²) in [6.45, 7) is 3.14. The maximum atomic E-state index is 12.7. The second kappa shape index (κ2) is 6.80. The molecule has 1 unspecified atom stereocenters. The number of nitrogens with zero attached hydrogens (tertiary/aromatic N) is 3. The molecule has 6 nitrogen and oxygen atoms in total. The van der Waals surface area contributed by atoms with E-state index in [0.29, 0.717) is 24.8 Å². The zero-order chi connectivity index (χ0) is 16.5. The predicted octanol–water partition coefficient (Wildman–Crippen LogP) is 1.84. The molecule has 2 aliphatic heterocycles. The van der Waals surface area contributed by atoms with Crippen LogP contribution in [-0.2, 0) is 20.7 Å². The SMILES string of the molecule is O=C1CCCN1c1nc(CC(=O)N(CC2CCOC2)C2CC2)cs1. The van der Waals surface area contributed by atoms with Gasteiger partial charge in [-0.2, -0.15) is 0 Å². The molecule has 24 heavy (non-hydrogen) atoms. The third kappa shape index (κ3) is 3.47. The van der Waals surface area contributed by atoms with Crippen LogP contribution in [0.25, 0.3) is 0 Å². The molecule has 7 heteroatoms. The number of thiazole rings is 1. The van der Waals surface area contributed by atoms with E-state index in [1.54, 1.807) is 4.90 Å². The first-order valence-electron chi connectivity index (χ1n) is 8.82. The van der Waals surface area contributed by atoms with Crippen LogP contribution in [0.3, 0.4) is 0 Å². The molecule has 2 amide bonds. The molecule has 3 heterocycles. The molecule has 4 rings (SSSR count). The van der Waals surface area contributed by atoms with Crippen molar-refractivity contribution in [1.29, 1.82) is 0 Å². The molecule has 3 aliphatic rings. The van der Waals surface area contributed by atoms with Crippen molar-refractivity contribution in [3.8, 4) is 0 Å². The Hall–Kier alpha value is -1.47. The van der Waals surface area contributed by atoms with Gasteiger partial charge in [0.1, 0.15) is 0 Å². The fraction of sp³-hybridized carbons (Fsp3) is 0.706. The quantitative estimate of drug-likeness (QED) is 0.786. The summed E-state index contributed by atoms with van der Waals surface area (Å²) in [5, 5.41) is 2.66. The number of hydrogen-bond donors (Lipinski definition) is 0. The van der Waals surface area contributed by atoms with Gasteiger partial charge in [-0.05, 0) is 25.7 Å². The summed E-state index contributed by atoms with van der Waals surface area (Å²) < 4.78 is 5.44. The molecule has 1 atom stereocenters. The van der Waals surface area contributed by atoms with Gasteiger partial charge < -0.3 is 9.64 Å². The lowest BCUT2D eigenvalue weighted by Gasteiger charge is -2.25. The van der Waals surface area contributed by atoms with Crippen molar-refractivity contribution in [3.63, 3.8) is 0 Å². The molecule has 0 radical (unpaired) electrons. The lowest BCUT2D eigenvalue weighted by atomic mass is 10.1. The number of hydrogen-bond acceptors (Lipinski definition) is 5. The lowest BCUT2D eigenvalue weighted by Crippen LogP contribution is -2.38. The minimum Gasteiger partial charge on any atom is -0.381 e. The summed E-state index contributed by atoms with van der Waals surface area (Å²) in [6, 6.07) is 0.413. The number of carbonyl (C=O) groups is 2. The van der Waals surface area contributed by atoms with Crippen LogP contribution in [-0.4, -0.2) is 54.0 Å². The van der Waals surface area contributed by atoms with Crippen LogP contribution in [0.2, 0.25) is 0 Å². The van der Waals surface area contributed by atoms with Crippen molar-refractivity contribution < 1.29 is 14.3 Å². The molecule has 1 aliphatic carbocycles. The Morgan fingerprint density at radius 1 is 1.42 bits per heavy atom. The van der Waals surface area contributed by atoms with Gasteiger partial charge in [-0.3, -0.25) is 14.5 Å². The van der Waals surface area contributed by atoms with Gasteiger partial charge in [0, 0.05) is 43.5 Å². The summed E-state index contributed by atoms with van der Waals surface area (Å²) >= 11 is 1.46. The van der Waals surface area contributed by atoms with Gasteiger partial charge in [0.2, 0.25) is 11.8 Å². The van der Waals surface area contributed by atoms with Crippen LogP contribution in [0.1, 0.15) is 37.8 Å². The van der Waals surface area contributed by atoms with Gasteiger partial charge >= 0.3 is 0 Å². The van der Waals surface area contributed by atoms with Crippen molar-refractivity contribution in [3.05, 3.63) is 11.1 Å². The van der Waals surface area contributed by atoms with Gasteiger partial charge in [0.25, 0.3) is 0 Å². The molecule has 0 spiro atoms. The zero-order valence-corrected chi connectivity index (χ0v) is 14.6. The van der Waals surface area contributed by atoms with E-state index in [2.05, 4.69) is 4.98 Å². The lowest BCUT2D eigenvalue weighted by molar-refractivity contribution is -0.131. The van der Waals surface area contributed by atoms with E-state index in [-0.39, 0.29) is 11.8 Å². The second-order valence-electron chi connectivity index (χ2n) is 6.95. The van der Waals surface area contributed by atoms with Gasteiger partial charge in [-0.15, -0.1) is 11.3 Å². The van der Waals surface area contributed by atoms with Gasteiger partial charge in [0.15, 0.2) is 5.13 Å². The van der Waals surface area contributed by atoms with Crippen LogP contribution < -0.4 is 4.90 Å². The molecular formula is C17H23N3O3S. The molecule has 1 aromatic rings. The molecule has 3 fully saturated rings. The van der Waals surface area contributed by atoms with Gasteiger partial charge in [0.05, 0.1) is 18.7 Å². The van der Waals surface area contributed by atoms with Crippen molar-refractivity contribution in [2.24, 2.45) is 5.92 Å². The molecule has 0 N–H and O–H groups in total. The third-order valence-corrected chi connectivity index (χ3v) is 5.88. The van der Waals surface area contributed by atoms with Crippen LogP contribution in [0.5, 0.6) is 0 Å². The number of ether oxygens (including phenoxy) is 1. The molecule has 1 aromatic heterocycles. The fourth-order valence-corrected chi connectivity index (χ4v) is 4.32. The number of aromatic nitrogens is 1. The van der Waals surface area contributed by atoms with E-state index in [4.69, 9.17) is 4.74 Å². The topological polar surface area (TPSA) is 62.7 Å². The van der Waals surface area contributed by atoms with E-state index >= 15 is 0 Å². The first-order chi connectivity index (χ1) is 11.7. The van der Waals surface area contributed by atoms with Crippen molar-refractivity contribution in [1.82, 2.24) is 9.88 Å². The highest BCUT2D eigenvalue weighted by Crippen LogP contribution is 2.30. The molecular weight excluding hydrogens is 326 g/mol. The minimum absolute atomic E-state index is 0.142. The fourth-order valence-electron chi connectivity index (χ4n) is 3.45. The highest BCUT2D eigenvalue weighted by atomic mass is 32.1. The second-order valence-corrected chi connectivity index (χ2v) is 7.79. The normalized spacial score (nSPS) is 23.9. The summed E-state index contributed by atoms with van der Waals surface area (Å²) in [7, 11) is 0. The summed E-state index contributed by atoms with van der Waals surface area (Å²) in [5.41, 5.74) is 0.785. The molecule has 130 valence electrons. The Balaban J connectivity index is 1.39. The predicted molar refractivity (Wildman–Crippen MR) is 91.1 cm³/mol. The smallest absolute Gasteiger partial charge is 0.228 e. The third-order valence-electron chi connectivity index (χ3n) is 4.96. The van der Waals surface area contributed by atoms with Gasteiger partial charge in [-0.1, -0.05) is 0 Å². The largest absolute Gasteiger partial charge is 0.381 e. The Labute approximate surface area is 145 Å². The Morgan fingerprint density at radius 2 is 2.29 bits per heavy atom. The first kappa shape index (κ1) is 16.0. The molecule has 0 bridgehead atoms. The molecule has 2 saturated heterocycles. The van der Waals surface area contributed by atoms with Crippen molar-refractivity contribution >= 4 is 28.3 Å². The highest BCUT2D eigenvalue weighted by Gasteiger charge is 2.35. The van der Waals surface area contributed by atoms with E-state index in [1.807, 2.05) is 10.3 Å². The Morgan fingerprint density at radius 3 is 2.96 bits per heavy atom. The summed E-state index contributed by atoms with van der Waals surface area (Å²) in [6.07, 6.45) is 5.11. The highest BCUT2D eigenvalue weighted by molar-refractivity contribution is 7.14. The zero-order valence-electron chi connectivity index (χ0n) is 13.8. The molecule has 0 aromatic carbocycles. The van der Waals surface area contributed by atoms with Gasteiger partial charge in [-0.25, -0.2) is 4.98 Å². The summed E-state index contributed by atoms with van der Waals surface area (Å²) in [4.78, 5) is 32.9. The molecule has 1 saturated carbocycles. The number of carbonyl (C=O) groups excluding carboxylic acids is 2. The number of amides is 2. The monoisotopic (exact) mass is 349 g/mol. The van der Waals surface area contributed by atoms with Crippen LogP contribution in [0.15, 0.2) is 5.38 Å². The van der Waals surface area contributed by atoms with E-state index in [1.165, 1.54) is 11.3 Å². The van der Waals surface area contributed by atoms with Crippen LogP contribution in [0.4, 0.5) is 5.13 Å². The standard InChI is InChI=1S/C17H23N3O3S/c21-15-2-1-6-19(15)17-18-13(11-24-17)8-16(22)20(14-3-4-14)9-12-5-7-23-10-12/h11-12,14H,1-10H2. The number of anilines is 1. The number of rotatable bonds is 6. The van der Waals surface area contributed by atoms with Crippen molar-refractivity contribution in [2.45, 2.75) is 44.6 Å². The van der Waals surface area contributed by atoms with E-state index in [0.717, 1.165) is 62.8 Å². The maximum absolute atomic E-state index is 12.7.